The molecule has 22 heavy (non-hydrogen) atoms. The van der Waals surface area contributed by atoms with Gasteiger partial charge in [0, 0.05) is 23.7 Å². The molecule has 0 aromatic heterocycles. The van der Waals surface area contributed by atoms with Gasteiger partial charge in [0.1, 0.15) is 11.7 Å². The minimum absolute atomic E-state index is 0.317. The molecule has 2 aromatic rings. The largest absolute Gasteiger partial charge is 0.343 e. The molecule has 5 nitrogen and oxygen atoms in total. The van der Waals surface area contributed by atoms with E-state index in [1.54, 1.807) is 35.8 Å². The Morgan fingerprint density at radius 1 is 1.32 bits per heavy atom. The van der Waals surface area contributed by atoms with Crippen LogP contribution < -0.4 is 10.8 Å². The number of amidine groups is 1. The van der Waals surface area contributed by atoms with Crippen molar-refractivity contribution in [3.63, 3.8) is 0 Å². The van der Waals surface area contributed by atoms with Gasteiger partial charge in [-0.05, 0) is 45.8 Å². The highest BCUT2D eigenvalue weighted by molar-refractivity contribution is 9.10. The highest BCUT2D eigenvalue weighted by Crippen LogP contribution is 2.31. The van der Waals surface area contributed by atoms with Crippen LogP contribution in [0.4, 0.5) is 15.8 Å². The summed E-state index contributed by atoms with van der Waals surface area (Å²) in [6.07, 6.45) is 0.546. The fourth-order valence-electron chi connectivity index (χ4n) is 2.23. The molecule has 3 rings (SSSR count). The van der Waals surface area contributed by atoms with Gasteiger partial charge in [-0.25, -0.2) is 14.9 Å². The Hall–Kier alpha value is -2.25. The molecule has 1 aliphatic heterocycles. The Kier molecular flexibility index (Phi) is 3.91. The van der Waals surface area contributed by atoms with Crippen LogP contribution in [0.25, 0.3) is 0 Å². The molecule has 3 N–H and O–H groups in total. The van der Waals surface area contributed by atoms with Crippen LogP contribution in [-0.4, -0.2) is 17.0 Å². The third-order valence-corrected chi connectivity index (χ3v) is 3.86. The predicted octanol–water partition coefficient (Wildman–Crippen LogP) is 3.41. The van der Waals surface area contributed by atoms with Gasteiger partial charge in [0.25, 0.3) is 5.91 Å². The Balaban J connectivity index is 1.81. The summed E-state index contributed by atoms with van der Waals surface area (Å²) in [5.74, 6) is -0.286. The van der Waals surface area contributed by atoms with E-state index in [1.165, 1.54) is 6.07 Å². The number of rotatable bonds is 2. The minimum Gasteiger partial charge on any atom is -0.343 e. The number of amides is 1. The molecular weight excluding hydrogens is 353 g/mol. The molecule has 0 atom stereocenters. The van der Waals surface area contributed by atoms with E-state index in [1.807, 2.05) is 0 Å². The number of anilines is 1. The lowest BCUT2D eigenvalue weighted by Crippen LogP contribution is -2.19. The second kappa shape index (κ2) is 5.86. The number of halogens is 2. The molecule has 0 spiro atoms. The lowest BCUT2D eigenvalue weighted by molar-refractivity contribution is 0.0706. The average molecular weight is 364 g/mol. The second-order valence-electron chi connectivity index (χ2n) is 4.78. The van der Waals surface area contributed by atoms with E-state index >= 15 is 0 Å². The first-order chi connectivity index (χ1) is 10.6. The summed E-state index contributed by atoms with van der Waals surface area (Å²) < 4.78 is 13.9. The van der Waals surface area contributed by atoms with Gasteiger partial charge in [-0.3, -0.25) is 10.0 Å². The standard InChI is InChI=1S/C15H11BrFN3O2/c16-11-5-9-6-14(19-13(9)7-12(11)17)18-10-3-1-2-8(4-10)15(21)20-22/h1-5,7,22H,6H2,(H,18,19)(H,20,21). The van der Waals surface area contributed by atoms with Crippen LogP contribution in [0.1, 0.15) is 15.9 Å². The van der Waals surface area contributed by atoms with E-state index in [-0.39, 0.29) is 5.82 Å². The van der Waals surface area contributed by atoms with Crippen LogP contribution in [0.3, 0.4) is 0 Å². The topological polar surface area (TPSA) is 73.7 Å². The quantitative estimate of drug-likeness (QED) is 0.565. The fraction of sp³-hybridized carbons (Fsp3) is 0.0667. The summed E-state index contributed by atoms with van der Waals surface area (Å²) in [5.41, 5.74) is 4.07. The number of carbonyl (C=O) groups is 1. The number of benzene rings is 2. The normalized spacial score (nSPS) is 12.6. The smallest absolute Gasteiger partial charge is 0.274 e. The molecule has 0 fully saturated rings. The van der Waals surface area contributed by atoms with E-state index in [0.29, 0.717) is 33.7 Å². The number of hydroxylamine groups is 1. The summed E-state index contributed by atoms with van der Waals surface area (Å²) in [4.78, 5) is 15.7. The van der Waals surface area contributed by atoms with Crippen LogP contribution in [0, 0.1) is 5.82 Å². The minimum atomic E-state index is -0.591. The highest BCUT2D eigenvalue weighted by atomic mass is 79.9. The lowest BCUT2D eigenvalue weighted by atomic mass is 10.1. The molecule has 1 aliphatic rings. The third-order valence-electron chi connectivity index (χ3n) is 3.25. The molecular formula is C15H11BrFN3O2. The van der Waals surface area contributed by atoms with Gasteiger partial charge in [-0.1, -0.05) is 6.07 Å². The van der Waals surface area contributed by atoms with Crippen molar-refractivity contribution in [3.8, 4) is 0 Å². The van der Waals surface area contributed by atoms with Crippen molar-refractivity contribution < 1.29 is 14.4 Å². The molecule has 0 saturated carbocycles. The molecule has 0 radical (unpaired) electrons. The van der Waals surface area contributed by atoms with Gasteiger partial charge in [-0.2, -0.15) is 0 Å². The molecule has 0 bridgehead atoms. The molecule has 0 unspecified atom stereocenters. The van der Waals surface area contributed by atoms with E-state index in [9.17, 15) is 9.18 Å². The Morgan fingerprint density at radius 3 is 2.91 bits per heavy atom. The van der Waals surface area contributed by atoms with Gasteiger partial charge >= 0.3 is 0 Å². The van der Waals surface area contributed by atoms with Crippen LogP contribution in [0.2, 0.25) is 0 Å². The molecule has 112 valence electrons. The van der Waals surface area contributed by atoms with Crippen molar-refractivity contribution in [2.75, 3.05) is 5.32 Å². The van der Waals surface area contributed by atoms with Crippen molar-refractivity contribution in [1.29, 1.82) is 0 Å². The van der Waals surface area contributed by atoms with Crippen molar-refractivity contribution >= 4 is 39.0 Å². The van der Waals surface area contributed by atoms with Crippen molar-refractivity contribution in [3.05, 3.63) is 57.8 Å². The van der Waals surface area contributed by atoms with Crippen molar-refractivity contribution in [1.82, 2.24) is 5.48 Å². The SMILES string of the molecule is O=C(NO)c1cccc(NC2=Nc3cc(F)c(Br)cc3C2)c1. The van der Waals surface area contributed by atoms with E-state index in [2.05, 4.69) is 26.2 Å². The van der Waals surface area contributed by atoms with Gasteiger partial charge in [-0.15, -0.1) is 0 Å². The Morgan fingerprint density at radius 2 is 2.14 bits per heavy atom. The fourth-order valence-corrected chi connectivity index (χ4v) is 2.62. The zero-order valence-corrected chi connectivity index (χ0v) is 12.8. The highest BCUT2D eigenvalue weighted by Gasteiger charge is 2.17. The number of carbonyl (C=O) groups excluding carboxylic acids is 1. The average Bonchev–Trinajstić information content (AvgIpc) is 2.88. The Bertz CT molecular complexity index is 792. The maximum absolute atomic E-state index is 13.5. The van der Waals surface area contributed by atoms with E-state index in [0.717, 1.165) is 5.56 Å². The molecule has 0 saturated heterocycles. The summed E-state index contributed by atoms with van der Waals surface area (Å²) in [6, 6.07) is 9.71. The maximum atomic E-state index is 13.5. The molecule has 1 heterocycles. The number of hydrogen-bond donors (Lipinski definition) is 3. The third kappa shape index (κ3) is 2.86. The molecule has 0 aliphatic carbocycles. The maximum Gasteiger partial charge on any atom is 0.274 e. The van der Waals surface area contributed by atoms with Crippen molar-refractivity contribution in [2.45, 2.75) is 6.42 Å². The first-order valence-corrected chi connectivity index (χ1v) is 7.23. The lowest BCUT2D eigenvalue weighted by Gasteiger charge is -2.07. The van der Waals surface area contributed by atoms with Gasteiger partial charge < -0.3 is 5.32 Å². The van der Waals surface area contributed by atoms with Crippen LogP contribution in [0.15, 0.2) is 45.9 Å². The van der Waals surface area contributed by atoms with Crippen LogP contribution in [-0.2, 0) is 6.42 Å². The molecule has 1 amide bonds. The number of nitrogens with zero attached hydrogens (tertiary/aromatic N) is 1. The number of hydrogen-bond acceptors (Lipinski definition) is 4. The zero-order valence-electron chi connectivity index (χ0n) is 11.2. The summed E-state index contributed by atoms with van der Waals surface area (Å²) in [7, 11) is 0. The molecule has 7 heteroatoms. The van der Waals surface area contributed by atoms with Gasteiger partial charge in [0.05, 0.1) is 10.2 Å². The Labute approximate surface area is 134 Å². The van der Waals surface area contributed by atoms with Gasteiger partial charge in [0.2, 0.25) is 0 Å². The molecule has 2 aromatic carbocycles. The van der Waals surface area contributed by atoms with Crippen molar-refractivity contribution in [2.24, 2.45) is 4.99 Å². The predicted molar refractivity (Wildman–Crippen MR) is 84.2 cm³/mol. The van der Waals surface area contributed by atoms with Crippen LogP contribution in [0.5, 0.6) is 0 Å². The van der Waals surface area contributed by atoms with Crippen LogP contribution >= 0.6 is 15.9 Å². The van der Waals surface area contributed by atoms with E-state index < -0.39 is 5.91 Å². The summed E-state index contributed by atoms with van der Waals surface area (Å²) >= 11 is 3.15. The summed E-state index contributed by atoms with van der Waals surface area (Å²) in [5, 5.41) is 11.7. The first-order valence-electron chi connectivity index (χ1n) is 6.44. The number of fused-ring (bicyclic) bond motifs is 1. The monoisotopic (exact) mass is 363 g/mol. The summed E-state index contributed by atoms with van der Waals surface area (Å²) in [6.45, 7) is 0. The van der Waals surface area contributed by atoms with Gasteiger partial charge in [0.15, 0.2) is 0 Å². The number of nitrogens with one attached hydrogen (secondary N) is 2. The zero-order chi connectivity index (χ0) is 15.7. The van der Waals surface area contributed by atoms with E-state index in [4.69, 9.17) is 5.21 Å². The first kappa shape index (κ1) is 14.7. The number of aliphatic imine (C=N–C) groups is 1. The second-order valence-corrected chi connectivity index (χ2v) is 5.63.